The number of carbonyl (C=O) groups is 1. The molecule has 3 fully saturated rings. The van der Waals surface area contributed by atoms with Gasteiger partial charge in [0.15, 0.2) is 0 Å². The van der Waals surface area contributed by atoms with E-state index in [-0.39, 0.29) is 36.0 Å². The molecule has 0 bridgehead atoms. The average molecular weight is 460 g/mol. The highest BCUT2D eigenvalue weighted by Crippen LogP contribution is 2.32. The van der Waals surface area contributed by atoms with E-state index >= 15 is 0 Å². The van der Waals surface area contributed by atoms with Crippen molar-refractivity contribution in [3.63, 3.8) is 0 Å². The summed E-state index contributed by atoms with van der Waals surface area (Å²) in [6.07, 6.45) is 9.25. The molecule has 1 amide bonds. The van der Waals surface area contributed by atoms with Crippen molar-refractivity contribution in [2.24, 2.45) is 17.4 Å². The van der Waals surface area contributed by atoms with Crippen LogP contribution in [0.4, 0.5) is 5.69 Å². The van der Waals surface area contributed by atoms with Crippen LogP contribution >= 0.6 is 0 Å². The Bertz CT molecular complexity index is 880. The Morgan fingerprint density at radius 1 is 1.18 bits per heavy atom. The van der Waals surface area contributed by atoms with Crippen molar-refractivity contribution in [3.05, 3.63) is 28.2 Å². The fourth-order valence-electron chi connectivity index (χ4n) is 5.59. The van der Waals surface area contributed by atoms with Gasteiger partial charge < -0.3 is 21.4 Å². The molecule has 0 aromatic carbocycles. The number of anilines is 1. The Balaban J connectivity index is 1.59. The van der Waals surface area contributed by atoms with E-state index in [1.807, 2.05) is 30.7 Å². The summed E-state index contributed by atoms with van der Waals surface area (Å²) in [5.41, 5.74) is 13.8. The standard InChI is InChI=1S/C24H41N7O2/c1-15(2)31-14-18(11-19(23(31)33)16-7-4-3-5-8-16)28-22-20(21(26)32)12-27-24(29-22)30-10-6-9-17(25)13-30/h11,14-17,20,22,24,27-29H,3-10,12-13,25H2,1-2H3,(H2,26,32)/t17-,20?,22?,24?/m0/s1. The monoisotopic (exact) mass is 459 g/mol. The van der Waals surface area contributed by atoms with Crippen molar-refractivity contribution in [1.29, 1.82) is 0 Å². The highest BCUT2D eigenvalue weighted by atomic mass is 16.1. The summed E-state index contributed by atoms with van der Waals surface area (Å²) in [4.78, 5) is 27.8. The Labute approximate surface area is 196 Å². The molecule has 3 unspecified atom stereocenters. The zero-order valence-corrected chi connectivity index (χ0v) is 20.1. The number of hydrogen-bond acceptors (Lipinski definition) is 7. The third kappa shape index (κ3) is 5.59. The number of nitrogens with zero attached hydrogens (tertiary/aromatic N) is 2. The molecule has 184 valence electrons. The van der Waals surface area contributed by atoms with Gasteiger partial charge in [-0.1, -0.05) is 19.3 Å². The number of piperidine rings is 1. The maximum absolute atomic E-state index is 13.2. The molecule has 3 heterocycles. The number of hydrogen-bond donors (Lipinski definition) is 5. The molecule has 4 atom stereocenters. The molecule has 2 saturated heterocycles. The van der Waals surface area contributed by atoms with Gasteiger partial charge in [-0.15, -0.1) is 0 Å². The quantitative estimate of drug-likeness (QED) is 0.432. The van der Waals surface area contributed by atoms with E-state index < -0.39 is 5.92 Å². The summed E-state index contributed by atoms with van der Waals surface area (Å²) < 4.78 is 1.81. The topological polar surface area (TPSA) is 130 Å². The van der Waals surface area contributed by atoms with E-state index in [9.17, 15) is 9.59 Å². The number of amides is 1. The van der Waals surface area contributed by atoms with E-state index in [2.05, 4.69) is 20.9 Å². The molecule has 9 nitrogen and oxygen atoms in total. The van der Waals surface area contributed by atoms with Crippen LogP contribution < -0.4 is 33.0 Å². The SMILES string of the molecule is CC(C)n1cc(NC2NC(N3CCC[C@H](N)C3)NCC2C(N)=O)cc(C2CCCCC2)c1=O. The van der Waals surface area contributed by atoms with Crippen LogP contribution in [-0.4, -0.2) is 53.5 Å². The molecule has 2 aliphatic heterocycles. The Morgan fingerprint density at radius 2 is 1.94 bits per heavy atom. The Morgan fingerprint density at radius 3 is 2.61 bits per heavy atom. The van der Waals surface area contributed by atoms with Gasteiger partial charge in [0, 0.05) is 43.5 Å². The van der Waals surface area contributed by atoms with Crippen LogP contribution in [0, 0.1) is 5.92 Å². The fourth-order valence-corrected chi connectivity index (χ4v) is 5.59. The zero-order valence-electron chi connectivity index (χ0n) is 20.1. The minimum absolute atomic E-state index is 0.0529. The number of carbonyl (C=O) groups excluding carboxylic acids is 1. The number of nitrogens with one attached hydrogen (secondary N) is 3. The van der Waals surface area contributed by atoms with Gasteiger partial charge in [0.05, 0.1) is 17.8 Å². The molecule has 33 heavy (non-hydrogen) atoms. The lowest BCUT2D eigenvalue weighted by molar-refractivity contribution is -0.123. The maximum Gasteiger partial charge on any atom is 0.254 e. The van der Waals surface area contributed by atoms with Crippen molar-refractivity contribution in [2.45, 2.75) is 89.3 Å². The van der Waals surface area contributed by atoms with E-state index in [1.54, 1.807) is 0 Å². The lowest BCUT2D eigenvalue weighted by Gasteiger charge is -2.44. The van der Waals surface area contributed by atoms with Crippen molar-refractivity contribution in [3.8, 4) is 0 Å². The van der Waals surface area contributed by atoms with Gasteiger partial charge in [-0.2, -0.15) is 0 Å². The number of pyridine rings is 1. The molecule has 1 aromatic heterocycles. The molecule has 1 saturated carbocycles. The molecular formula is C24H41N7O2. The van der Waals surface area contributed by atoms with Gasteiger partial charge in [-0.05, 0) is 51.5 Å². The van der Waals surface area contributed by atoms with Gasteiger partial charge in [-0.25, -0.2) is 0 Å². The van der Waals surface area contributed by atoms with E-state index in [1.165, 1.54) is 19.3 Å². The number of aromatic nitrogens is 1. The van der Waals surface area contributed by atoms with Crippen LogP contribution in [0.2, 0.25) is 0 Å². The van der Waals surface area contributed by atoms with Crippen molar-refractivity contribution in [1.82, 2.24) is 20.1 Å². The summed E-state index contributed by atoms with van der Waals surface area (Å²) >= 11 is 0. The summed E-state index contributed by atoms with van der Waals surface area (Å²) in [5, 5.41) is 10.5. The third-order valence-corrected chi connectivity index (χ3v) is 7.48. The van der Waals surface area contributed by atoms with Gasteiger partial charge in [-0.3, -0.25) is 25.1 Å². The molecule has 7 N–H and O–H groups in total. The minimum atomic E-state index is -0.419. The first-order valence-electron chi connectivity index (χ1n) is 12.6. The van der Waals surface area contributed by atoms with Gasteiger partial charge in [0.25, 0.3) is 5.56 Å². The van der Waals surface area contributed by atoms with Crippen molar-refractivity contribution in [2.75, 3.05) is 25.0 Å². The number of likely N-dealkylation sites (tertiary alicyclic amines) is 1. The summed E-state index contributed by atoms with van der Waals surface area (Å²) in [6, 6.07) is 2.22. The second-order valence-electron chi connectivity index (χ2n) is 10.3. The smallest absolute Gasteiger partial charge is 0.254 e. The lowest BCUT2D eigenvalue weighted by Crippen LogP contribution is -2.70. The molecule has 0 spiro atoms. The largest absolute Gasteiger partial charge is 0.369 e. The fraction of sp³-hybridized carbons (Fsp3) is 0.750. The molecule has 1 aliphatic carbocycles. The minimum Gasteiger partial charge on any atom is -0.369 e. The second-order valence-corrected chi connectivity index (χ2v) is 10.3. The third-order valence-electron chi connectivity index (χ3n) is 7.48. The molecular weight excluding hydrogens is 418 g/mol. The number of rotatable bonds is 6. The lowest BCUT2D eigenvalue weighted by atomic mass is 9.84. The summed E-state index contributed by atoms with van der Waals surface area (Å²) in [7, 11) is 0. The zero-order chi connectivity index (χ0) is 23.5. The average Bonchev–Trinajstić information content (AvgIpc) is 2.80. The summed E-state index contributed by atoms with van der Waals surface area (Å²) in [6.45, 7) is 6.30. The first-order chi connectivity index (χ1) is 15.8. The predicted octanol–water partition coefficient (Wildman–Crippen LogP) is 1.22. The van der Waals surface area contributed by atoms with Crippen LogP contribution in [-0.2, 0) is 4.79 Å². The summed E-state index contributed by atoms with van der Waals surface area (Å²) in [5.74, 6) is -0.475. The molecule has 1 aromatic rings. The van der Waals surface area contributed by atoms with Gasteiger partial charge in [0.1, 0.15) is 6.29 Å². The van der Waals surface area contributed by atoms with Gasteiger partial charge in [0.2, 0.25) is 5.91 Å². The van der Waals surface area contributed by atoms with Crippen LogP contribution in [0.25, 0.3) is 0 Å². The Kier molecular flexibility index (Phi) is 7.73. The number of primary amides is 1. The molecule has 3 aliphatic rings. The molecule has 9 heteroatoms. The molecule has 0 radical (unpaired) electrons. The first kappa shape index (κ1) is 24.2. The van der Waals surface area contributed by atoms with Gasteiger partial charge >= 0.3 is 0 Å². The highest BCUT2D eigenvalue weighted by molar-refractivity contribution is 5.78. The highest BCUT2D eigenvalue weighted by Gasteiger charge is 2.36. The predicted molar refractivity (Wildman–Crippen MR) is 131 cm³/mol. The van der Waals surface area contributed by atoms with E-state index in [4.69, 9.17) is 11.5 Å². The van der Waals surface area contributed by atoms with E-state index in [0.717, 1.165) is 50.0 Å². The Hall–Kier alpha value is -1.94. The maximum atomic E-state index is 13.2. The van der Waals surface area contributed by atoms with Crippen LogP contribution in [0.1, 0.15) is 76.3 Å². The van der Waals surface area contributed by atoms with Crippen molar-refractivity contribution >= 4 is 11.6 Å². The van der Waals surface area contributed by atoms with Crippen molar-refractivity contribution < 1.29 is 4.79 Å². The van der Waals surface area contributed by atoms with Crippen LogP contribution in [0.15, 0.2) is 17.1 Å². The van der Waals surface area contributed by atoms with Crippen LogP contribution in [0.3, 0.4) is 0 Å². The number of nitrogens with two attached hydrogens (primary N) is 2. The second kappa shape index (κ2) is 10.5. The van der Waals surface area contributed by atoms with Crippen LogP contribution in [0.5, 0.6) is 0 Å². The van der Waals surface area contributed by atoms with E-state index in [0.29, 0.717) is 12.5 Å². The molecule has 4 rings (SSSR count). The normalized spacial score (nSPS) is 29.8. The first-order valence-corrected chi connectivity index (χ1v) is 12.6.